The summed E-state index contributed by atoms with van der Waals surface area (Å²) >= 11 is 0. The third-order valence-corrected chi connectivity index (χ3v) is 6.12. The fraction of sp³-hybridized carbons (Fsp3) is 0.939. The van der Waals surface area contributed by atoms with E-state index in [1.807, 2.05) is 0 Å². The minimum Gasteiger partial charge on any atom is -0.481 e. The molecule has 15 nitrogen and oxygen atoms in total. The molecule has 0 radical (unpaired) electrons. The predicted molar refractivity (Wildman–Crippen MR) is 176 cm³/mol. The number of rotatable bonds is 42. The quantitative estimate of drug-likeness (QED) is 0.0729. The lowest BCUT2D eigenvalue weighted by Crippen LogP contribution is -2.15. The molecule has 286 valence electrons. The zero-order chi connectivity index (χ0) is 34.9. The van der Waals surface area contributed by atoms with E-state index in [1.165, 1.54) is 12.8 Å². The largest absolute Gasteiger partial charge is 0.481 e. The zero-order valence-corrected chi connectivity index (χ0v) is 29.4. The summed E-state index contributed by atoms with van der Waals surface area (Å²) in [5, 5.41) is 8.55. The highest BCUT2D eigenvalue weighted by Crippen LogP contribution is 2.01. The number of carbonyl (C=O) groups excluding carboxylic acids is 1. The second kappa shape index (κ2) is 41.7. The maximum atomic E-state index is 11.5. The van der Waals surface area contributed by atoms with Crippen molar-refractivity contribution in [3.8, 4) is 0 Å². The molecule has 0 aromatic heterocycles. The zero-order valence-electron chi connectivity index (χ0n) is 29.4. The summed E-state index contributed by atoms with van der Waals surface area (Å²) < 4.78 is 64.9. The lowest BCUT2D eigenvalue weighted by Gasteiger charge is -2.09. The molecule has 0 spiro atoms. The standard InChI is InChI=1S/C33H64O15/c1-2-3-6-9-37-10-11-38-12-13-39-14-15-40-16-17-41-18-19-42-20-21-43-22-23-44-24-25-45-26-27-46-28-29-47-30-31-48-33(36)8-5-4-7-32(34)35/h2-31H2,1H3,(H,34,35). The number of unbranched alkanes of at least 4 members (excludes halogenated alkanes) is 3. The van der Waals surface area contributed by atoms with Crippen LogP contribution in [0.2, 0.25) is 0 Å². The van der Waals surface area contributed by atoms with Crippen molar-refractivity contribution in [2.75, 3.05) is 152 Å². The van der Waals surface area contributed by atoms with Crippen LogP contribution in [0.4, 0.5) is 0 Å². The first-order valence-corrected chi connectivity index (χ1v) is 17.4. The Morgan fingerprint density at radius 2 is 0.625 bits per heavy atom. The molecule has 0 fully saturated rings. The van der Waals surface area contributed by atoms with Gasteiger partial charge < -0.3 is 61.9 Å². The first-order chi connectivity index (χ1) is 23.7. The topological polar surface area (TPSA) is 165 Å². The van der Waals surface area contributed by atoms with Gasteiger partial charge in [0.25, 0.3) is 0 Å². The van der Waals surface area contributed by atoms with Crippen LogP contribution in [0.3, 0.4) is 0 Å². The van der Waals surface area contributed by atoms with E-state index < -0.39 is 5.97 Å². The van der Waals surface area contributed by atoms with E-state index in [9.17, 15) is 9.59 Å². The molecule has 0 unspecified atom stereocenters. The second-order valence-electron chi connectivity index (χ2n) is 10.3. The van der Waals surface area contributed by atoms with Crippen LogP contribution in [0.15, 0.2) is 0 Å². The third kappa shape index (κ3) is 42.5. The van der Waals surface area contributed by atoms with E-state index in [0.717, 1.165) is 13.0 Å². The smallest absolute Gasteiger partial charge is 0.305 e. The van der Waals surface area contributed by atoms with Crippen LogP contribution in [-0.4, -0.2) is 169 Å². The minimum absolute atomic E-state index is 0.0607. The molecule has 0 aliphatic rings. The molecule has 0 aliphatic heterocycles. The second-order valence-corrected chi connectivity index (χ2v) is 10.3. The van der Waals surface area contributed by atoms with Crippen LogP contribution in [0.1, 0.15) is 51.9 Å². The lowest BCUT2D eigenvalue weighted by atomic mass is 10.2. The van der Waals surface area contributed by atoms with Gasteiger partial charge in [-0.25, -0.2) is 0 Å². The van der Waals surface area contributed by atoms with Crippen molar-refractivity contribution < 1.29 is 71.5 Å². The highest BCUT2D eigenvalue weighted by atomic mass is 16.6. The molecule has 0 bridgehead atoms. The van der Waals surface area contributed by atoms with E-state index >= 15 is 0 Å². The van der Waals surface area contributed by atoms with E-state index in [2.05, 4.69) is 6.92 Å². The Labute approximate surface area is 287 Å². The number of carboxylic acids is 1. The number of carboxylic acid groups (broad SMARTS) is 1. The van der Waals surface area contributed by atoms with E-state index in [0.29, 0.717) is 145 Å². The fourth-order valence-corrected chi connectivity index (χ4v) is 3.59. The maximum absolute atomic E-state index is 11.5. The Morgan fingerprint density at radius 3 is 0.917 bits per heavy atom. The average Bonchev–Trinajstić information content (AvgIpc) is 3.08. The van der Waals surface area contributed by atoms with Crippen molar-refractivity contribution in [3.63, 3.8) is 0 Å². The van der Waals surface area contributed by atoms with Crippen LogP contribution >= 0.6 is 0 Å². The number of hydrogen-bond acceptors (Lipinski definition) is 14. The van der Waals surface area contributed by atoms with Gasteiger partial charge in [0.1, 0.15) is 6.61 Å². The summed E-state index contributed by atoms with van der Waals surface area (Å²) in [5.41, 5.74) is 0. The molecule has 0 saturated heterocycles. The Kier molecular flexibility index (Phi) is 40.4. The minimum atomic E-state index is -0.862. The van der Waals surface area contributed by atoms with Crippen molar-refractivity contribution in [2.45, 2.75) is 51.9 Å². The van der Waals surface area contributed by atoms with Crippen LogP contribution in [0.5, 0.6) is 0 Å². The lowest BCUT2D eigenvalue weighted by molar-refractivity contribution is -0.146. The molecule has 48 heavy (non-hydrogen) atoms. The van der Waals surface area contributed by atoms with Gasteiger partial charge in [0.05, 0.1) is 139 Å². The molecule has 0 atom stereocenters. The fourth-order valence-electron chi connectivity index (χ4n) is 3.59. The molecule has 0 amide bonds. The molecule has 0 aromatic rings. The first-order valence-electron chi connectivity index (χ1n) is 17.4. The summed E-state index contributed by atoms with van der Waals surface area (Å²) in [5.74, 6) is -1.21. The number of hydrogen-bond donors (Lipinski definition) is 1. The van der Waals surface area contributed by atoms with Gasteiger partial charge in [0.15, 0.2) is 0 Å². The monoisotopic (exact) mass is 700 g/mol. The number of carbonyl (C=O) groups is 2. The first kappa shape index (κ1) is 46.5. The predicted octanol–water partition coefficient (Wildman–Crippen LogP) is 2.55. The molecule has 0 rings (SSSR count). The van der Waals surface area contributed by atoms with Crippen molar-refractivity contribution in [1.29, 1.82) is 0 Å². The van der Waals surface area contributed by atoms with Crippen LogP contribution in [-0.2, 0) is 66.4 Å². The molecule has 0 saturated carbocycles. The summed E-state index contributed by atoms with van der Waals surface area (Å²) in [6.45, 7) is 13.4. The van der Waals surface area contributed by atoms with Crippen LogP contribution in [0.25, 0.3) is 0 Å². The van der Waals surface area contributed by atoms with Gasteiger partial charge in [-0.2, -0.15) is 0 Å². The summed E-state index contributed by atoms with van der Waals surface area (Å²) in [6.07, 6.45) is 4.76. The molecule has 0 aromatic carbocycles. The van der Waals surface area contributed by atoms with Crippen LogP contribution < -0.4 is 0 Å². The van der Waals surface area contributed by atoms with Crippen LogP contribution in [0, 0.1) is 0 Å². The van der Waals surface area contributed by atoms with Gasteiger partial charge in [-0.3, -0.25) is 9.59 Å². The Bertz CT molecular complexity index is 657. The van der Waals surface area contributed by atoms with E-state index in [1.54, 1.807) is 0 Å². The number of aliphatic carboxylic acids is 1. The number of ether oxygens (including phenoxy) is 12. The van der Waals surface area contributed by atoms with Crippen molar-refractivity contribution in [3.05, 3.63) is 0 Å². The maximum Gasteiger partial charge on any atom is 0.305 e. The highest BCUT2D eigenvalue weighted by Gasteiger charge is 2.04. The molecular weight excluding hydrogens is 636 g/mol. The van der Waals surface area contributed by atoms with Crippen molar-refractivity contribution >= 4 is 11.9 Å². The molecular formula is C33H64O15. The average molecular weight is 701 g/mol. The normalized spacial score (nSPS) is 11.4. The Hall–Kier alpha value is -1.50. The molecule has 0 heterocycles. The Morgan fingerprint density at radius 1 is 0.354 bits per heavy atom. The third-order valence-electron chi connectivity index (χ3n) is 6.12. The van der Waals surface area contributed by atoms with Gasteiger partial charge in [0.2, 0.25) is 0 Å². The summed E-state index contributed by atoms with van der Waals surface area (Å²) in [6, 6.07) is 0. The van der Waals surface area contributed by atoms with Gasteiger partial charge in [-0.15, -0.1) is 0 Å². The molecule has 0 aliphatic carbocycles. The van der Waals surface area contributed by atoms with Gasteiger partial charge in [0, 0.05) is 19.4 Å². The van der Waals surface area contributed by atoms with E-state index in [4.69, 9.17) is 61.9 Å². The van der Waals surface area contributed by atoms with Crippen molar-refractivity contribution in [2.24, 2.45) is 0 Å². The SMILES string of the molecule is CCCCCOCCOCCOCCOCCOCCOCCOCCOCCOCCOCCOCCOC(=O)CCCCC(=O)O. The van der Waals surface area contributed by atoms with Crippen molar-refractivity contribution in [1.82, 2.24) is 0 Å². The van der Waals surface area contributed by atoms with E-state index in [-0.39, 0.29) is 32.0 Å². The Balaban J connectivity index is 3.09. The number of esters is 1. The molecule has 1 N–H and O–H groups in total. The van der Waals surface area contributed by atoms with Gasteiger partial charge in [-0.1, -0.05) is 19.8 Å². The summed E-state index contributed by atoms with van der Waals surface area (Å²) in [4.78, 5) is 21.9. The molecule has 15 heteroatoms. The van der Waals surface area contributed by atoms with Gasteiger partial charge >= 0.3 is 11.9 Å². The highest BCUT2D eigenvalue weighted by molar-refractivity contribution is 5.69. The van der Waals surface area contributed by atoms with Gasteiger partial charge in [-0.05, 0) is 19.3 Å². The summed E-state index contributed by atoms with van der Waals surface area (Å²) in [7, 11) is 0.